The maximum atomic E-state index is 13.7. The predicted octanol–water partition coefficient (Wildman–Crippen LogP) is 7.75. The molecule has 38 heavy (non-hydrogen) atoms. The Morgan fingerprint density at radius 3 is 2.58 bits per heavy atom. The van der Waals surface area contributed by atoms with Crippen molar-refractivity contribution in [3.63, 3.8) is 0 Å². The van der Waals surface area contributed by atoms with Crippen molar-refractivity contribution in [1.29, 1.82) is 0 Å². The van der Waals surface area contributed by atoms with Gasteiger partial charge in [-0.05, 0) is 115 Å². The Labute approximate surface area is 225 Å². The van der Waals surface area contributed by atoms with Crippen LogP contribution in [0.5, 0.6) is 0 Å². The molecule has 4 nitrogen and oxygen atoms in total. The van der Waals surface area contributed by atoms with Crippen molar-refractivity contribution in [3.05, 3.63) is 77.2 Å². The van der Waals surface area contributed by atoms with E-state index >= 15 is 0 Å². The maximum absolute atomic E-state index is 13.7. The molecule has 0 saturated heterocycles. The van der Waals surface area contributed by atoms with Gasteiger partial charge in [0.1, 0.15) is 5.78 Å². The Morgan fingerprint density at radius 2 is 1.87 bits per heavy atom. The summed E-state index contributed by atoms with van der Waals surface area (Å²) in [7, 11) is 0. The van der Waals surface area contributed by atoms with Crippen molar-refractivity contribution in [2.45, 2.75) is 71.1 Å². The number of allylic oxidation sites excluding steroid dienone is 4. The Hall–Kier alpha value is -3.01. The van der Waals surface area contributed by atoms with E-state index in [0.717, 1.165) is 56.2 Å². The zero-order valence-corrected chi connectivity index (χ0v) is 22.6. The molecule has 196 valence electrons. The molecular formula is C34H38N2O2. The third kappa shape index (κ3) is 3.74. The van der Waals surface area contributed by atoms with Crippen LogP contribution in [0, 0.1) is 35.0 Å². The van der Waals surface area contributed by atoms with Gasteiger partial charge in [0.2, 0.25) is 0 Å². The number of oxime groups is 1. The van der Waals surface area contributed by atoms with E-state index in [9.17, 15) is 10.0 Å². The zero-order chi connectivity index (χ0) is 26.0. The second kappa shape index (κ2) is 9.03. The quantitative estimate of drug-likeness (QED) is 0.341. The number of ketones is 1. The SMILES string of the molecule is C[C@@H]1C[C@H]2[C@@H]3CCC4=C/C(=N\O)CCC4=C3[C@@H](c3ccc(-c4cccnc4)cc3)C[C@]2(C)[C@H]1C(=O)C1CC1. The van der Waals surface area contributed by atoms with E-state index < -0.39 is 0 Å². The fourth-order valence-corrected chi connectivity index (χ4v) is 9.09. The lowest BCUT2D eigenvalue weighted by molar-refractivity contribution is -0.130. The third-order valence-electron chi connectivity index (χ3n) is 10.8. The lowest BCUT2D eigenvalue weighted by Crippen LogP contribution is -2.45. The number of carbonyl (C=O) groups excluding carboxylic acids is 1. The Bertz CT molecular complexity index is 1350. The van der Waals surface area contributed by atoms with Crippen LogP contribution in [0.3, 0.4) is 0 Å². The fraction of sp³-hybridized carbons (Fsp3) is 0.500. The summed E-state index contributed by atoms with van der Waals surface area (Å²) in [5.41, 5.74) is 9.12. The van der Waals surface area contributed by atoms with Crippen LogP contribution in [0.15, 0.2) is 76.7 Å². The van der Waals surface area contributed by atoms with E-state index in [4.69, 9.17) is 0 Å². The summed E-state index contributed by atoms with van der Waals surface area (Å²) >= 11 is 0. The summed E-state index contributed by atoms with van der Waals surface area (Å²) in [6.45, 7) is 4.84. The minimum Gasteiger partial charge on any atom is -0.411 e. The topological polar surface area (TPSA) is 62.6 Å². The van der Waals surface area contributed by atoms with Crippen molar-refractivity contribution in [3.8, 4) is 11.1 Å². The van der Waals surface area contributed by atoms with Crippen molar-refractivity contribution in [2.24, 2.45) is 40.2 Å². The van der Waals surface area contributed by atoms with Crippen molar-refractivity contribution in [2.75, 3.05) is 0 Å². The molecule has 2 aromatic rings. The first kappa shape index (κ1) is 24.1. The fourth-order valence-electron chi connectivity index (χ4n) is 9.09. The summed E-state index contributed by atoms with van der Waals surface area (Å²) in [6.07, 6.45) is 14.3. The predicted molar refractivity (Wildman–Crippen MR) is 150 cm³/mol. The molecule has 0 aliphatic heterocycles. The standard InChI is InChI=1S/C34H38N2O2/c1-20-16-30-28-13-11-24-17-26(36-38)12-14-27(24)31(28)29(18-34(30,2)32(20)33(37)23-9-10-23)22-7-5-21(6-8-22)25-4-3-15-35-19-25/h3-8,15,17,19-20,23,28-30,32,38H,9-14,16,18H2,1-2H3/b36-26-/t20-,28+,29-,30+,32-,34+/m1/s1. The van der Waals surface area contributed by atoms with Crippen molar-refractivity contribution in [1.82, 2.24) is 4.98 Å². The van der Waals surface area contributed by atoms with Gasteiger partial charge in [-0.15, -0.1) is 0 Å². The molecule has 0 amide bonds. The molecule has 0 spiro atoms. The monoisotopic (exact) mass is 506 g/mol. The number of nitrogens with zero attached hydrogens (tertiary/aromatic N) is 2. The molecule has 0 unspecified atom stereocenters. The first-order chi connectivity index (χ1) is 18.5. The Kier molecular flexibility index (Phi) is 5.72. The Balaban J connectivity index is 1.34. The van der Waals surface area contributed by atoms with Crippen LogP contribution >= 0.6 is 0 Å². The van der Waals surface area contributed by atoms with Crippen LogP contribution in [0.1, 0.15) is 76.7 Å². The van der Waals surface area contributed by atoms with E-state index in [1.54, 1.807) is 5.57 Å². The third-order valence-corrected chi connectivity index (χ3v) is 10.8. The molecule has 0 bridgehead atoms. The van der Waals surface area contributed by atoms with Gasteiger partial charge in [-0.1, -0.05) is 54.9 Å². The van der Waals surface area contributed by atoms with Gasteiger partial charge in [-0.2, -0.15) is 0 Å². The molecular weight excluding hydrogens is 468 g/mol. The van der Waals surface area contributed by atoms with Gasteiger partial charge < -0.3 is 5.21 Å². The molecule has 6 atom stereocenters. The lowest BCUT2D eigenvalue weighted by atomic mass is 9.51. The summed E-state index contributed by atoms with van der Waals surface area (Å²) in [6, 6.07) is 13.3. The molecule has 0 radical (unpaired) electrons. The summed E-state index contributed by atoms with van der Waals surface area (Å²) in [4.78, 5) is 18.0. The van der Waals surface area contributed by atoms with Crippen LogP contribution in [-0.2, 0) is 4.79 Å². The van der Waals surface area contributed by atoms with Gasteiger partial charge in [0.25, 0.3) is 0 Å². The maximum Gasteiger partial charge on any atom is 0.139 e. The molecule has 3 fully saturated rings. The highest BCUT2D eigenvalue weighted by molar-refractivity contribution is 5.97. The summed E-state index contributed by atoms with van der Waals surface area (Å²) in [5.74, 6) is 3.00. The first-order valence-corrected chi connectivity index (χ1v) is 14.7. The van der Waals surface area contributed by atoms with Crippen LogP contribution in [0.4, 0.5) is 0 Å². The van der Waals surface area contributed by atoms with E-state index in [1.165, 1.54) is 28.7 Å². The van der Waals surface area contributed by atoms with E-state index in [2.05, 4.69) is 60.4 Å². The highest BCUT2D eigenvalue weighted by Gasteiger charge is 2.61. The van der Waals surface area contributed by atoms with Gasteiger partial charge in [0.15, 0.2) is 0 Å². The molecule has 1 aromatic carbocycles. The number of fused-ring (bicyclic) bond motifs is 4. The minimum absolute atomic E-state index is 0.0497. The van der Waals surface area contributed by atoms with Crippen molar-refractivity contribution >= 4 is 11.5 Å². The normalized spacial score (nSPS) is 35.4. The smallest absolute Gasteiger partial charge is 0.139 e. The van der Waals surface area contributed by atoms with Crippen LogP contribution in [0.2, 0.25) is 0 Å². The summed E-state index contributed by atoms with van der Waals surface area (Å²) < 4.78 is 0. The van der Waals surface area contributed by atoms with Gasteiger partial charge in [0, 0.05) is 30.1 Å². The molecule has 5 aliphatic carbocycles. The number of benzene rings is 1. The number of carbonyl (C=O) groups is 1. The molecule has 7 rings (SSSR count). The van der Waals surface area contributed by atoms with Gasteiger partial charge in [0.05, 0.1) is 5.71 Å². The number of rotatable bonds is 4. The number of Topliss-reactive ketones (excluding diaryl/α,β-unsaturated/α-hetero) is 1. The van der Waals surface area contributed by atoms with E-state index in [0.29, 0.717) is 35.4 Å². The number of aromatic nitrogens is 1. The van der Waals surface area contributed by atoms with E-state index in [1.807, 2.05) is 18.5 Å². The lowest BCUT2D eigenvalue weighted by Gasteiger charge is -2.52. The van der Waals surface area contributed by atoms with E-state index in [-0.39, 0.29) is 11.3 Å². The molecule has 1 heterocycles. The van der Waals surface area contributed by atoms with Gasteiger partial charge in [-0.25, -0.2) is 0 Å². The zero-order valence-electron chi connectivity index (χ0n) is 22.6. The average Bonchev–Trinajstić information content (AvgIpc) is 3.76. The van der Waals surface area contributed by atoms with Gasteiger partial charge in [-0.3, -0.25) is 9.78 Å². The highest BCUT2D eigenvalue weighted by Crippen LogP contribution is 2.67. The largest absolute Gasteiger partial charge is 0.411 e. The van der Waals surface area contributed by atoms with Crippen molar-refractivity contribution < 1.29 is 10.0 Å². The number of hydrogen-bond donors (Lipinski definition) is 1. The first-order valence-electron chi connectivity index (χ1n) is 14.7. The van der Waals surface area contributed by atoms with Gasteiger partial charge >= 0.3 is 0 Å². The van der Waals surface area contributed by atoms with Crippen LogP contribution in [-0.4, -0.2) is 21.7 Å². The second-order valence-corrected chi connectivity index (χ2v) is 12.9. The number of pyridine rings is 1. The Morgan fingerprint density at radius 1 is 1.05 bits per heavy atom. The van der Waals surface area contributed by atoms with Crippen LogP contribution < -0.4 is 0 Å². The molecule has 1 aromatic heterocycles. The molecule has 4 heteroatoms. The minimum atomic E-state index is 0.0497. The van der Waals surface area contributed by atoms with Crippen LogP contribution in [0.25, 0.3) is 11.1 Å². The average molecular weight is 507 g/mol. The second-order valence-electron chi connectivity index (χ2n) is 12.9. The summed E-state index contributed by atoms with van der Waals surface area (Å²) in [5, 5.41) is 13.0. The molecule has 5 aliphatic rings. The number of hydrogen-bond acceptors (Lipinski definition) is 4. The molecule has 3 saturated carbocycles. The molecule has 1 N–H and O–H groups in total. The highest BCUT2D eigenvalue weighted by atomic mass is 16.4.